The normalized spacial score (nSPS) is 13.9. The lowest BCUT2D eigenvalue weighted by molar-refractivity contribution is 0.103. The van der Waals surface area contributed by atoms with Gasteiger partial charge in [-0.1, -0.05) is 23.7 Å². The molecule has 0 heterocycles. The van der Waals surface area contributed by atoms with Gasteiger partial charge in [0.25, 0.3) is 0 Å². The van der Waals surface area contributed by atoms with Gasteiger partial charge in [0, 0.05) is 15.6 Å². The highest BCUT2D eigenvalue weighted by atomic mass is 79.9. The number of ketones is 1. The Morgan fingerprint density at radius 2 is 1.60 bits per heavy atom. The van der Waals surface area contributed by atoms with Crippen LogP contribution in [0.2, 0.25) is 5.02 Å². The van der Waals surface area contributed by atoms with Gasteiger partial charge in [0.15, 0.2) is 5.78 Å². The standard InChI is InChI=1S/C17H14BrClO/c18-15-10-14(7-8-16(15)19)17(20)13-6-5-11-3-1-2-4-12(11)9-13/h5-10H,1-4H2. The second kappa shape index (κ2) is 5.71. The molecule has 0 saturated heterocycles. The number of carbonyl (C=O) groups excluding carboxylic acids is 1. The van der Waals surface area contributed by atoms with Gasteiger partial charge in [0.2, 0.25) is 0 Å². The van der Waals surface area contributed by atoms with Gasteiger partial charge < -0.3 is 0 Å². The molecule has 1 nitrogen and oxygen atoms in total. The molecule has 1 aliphatic carbocycles. The minimum atomic E-state index is 0.0516. The summed E-state index contributed by atoms with van der Waals surface area (Å²) < 4.78 is 0.753. The number of hydrogen-bond acceptors (Lipinski definition) is 1. The van der Waals surface area contributed by atoms with E-state index in [0.717, 1.165) is 22.9 Å². The maximum absolute atomic E-state index is 12.5. The second-order valence-corrected chi connectivity index (χ2v) is 6.41. The largest absolute Gasteiger partial charge is 0.289 e. The van der Waals surface area contributed by atoms with Crippen LogP contribution in [-0.2, 0) is 12.8 Å². The van der Waals surface area contributed by atoms with E-state index < -0.39 is 0 Å². The zero-order valence-corrected chi connectivity index (χ0v) is 13.3. The number of rotatable bonds is 2. The van der Waals surface area contributed by atoms with Crippen LogP contribution in [0.1, 0.15) is 39.9 Å². The number of benzene rings is 2. The third-order valence-electron chi connectivity index (χ3n) is 3.79. The summed E-state index contributed by atoms with van der Waals surface area (Å²) >= 11 is 9.33. The first-order valence-electron chi connectivity index (χ1n) is 6.77. The average molecular weight is 350 g/mol. The molecule has 0 amide bonds. The van der Waals surface area contributed by atoms with Crippen molar-refractivity contribution in [1.29, 1.82) is 0 Å². The minimum Gasteiger partial charge on any atom is -0.289 e. The molecule has 0 unspecified atom stereocenters. The van der Waals surface area contributed by atoms with Crippen molar-refractivity contribution in [2.75, 3.05) is 0 Å². The van der Waals surface area contributed by atoms with Crippen LogP contribution >= 0.6 is 27.5 Å². The number of carbonyl (C=O) groups is 1. The van der Waals surface area contributed by atoms with E-state index in [-0.39, 0.29) is 5.78 Å². The van der Waals surface area contributed by atoms with Gasteiger partial charge in [-0.3, -0.25) is 4.79 Å². The van der Waals surface area contributed by atoms with Crippen molar-refractivity contribution < 1.29 is 4.79 Å². The molecule has 102 valence electrons. The zero-order valence-electron chi connectivity index (χ0n) is 11.0. The molecule has 0 spiro atoms. The first-order chi connectivity index (χ1) is 9.65. The van der Waals surface area contributed by atoms with Gasteiger partial charge in [0.1, 0.15) is 0 Å². The molecule has 0 saturated carbocycles. The van der Waals surface area contributed by atoms with Crippen LogP contribution < -0.4 is 0 Å². The van der Waals surface area contributed by atoms with Crippen molar-refractivity contribution in [3.63, 3.8) is 0 Å². The van der Waals surface area contributed by atoms with Gasteiger partial charge in [0.05, 0.1) is 5.02 Å². The molecule has 20 heavy (non-hydrogen) atoms. The highest BCUT2D eigenvalue weighted by molar-refractivity contribution is 9.10. The fourth-order valence-corrected chi connectivity index (χ4v) is 3.18. The molecule has 0 bridgehead atoms. The summed E-state index contributed by atoms with van der Waals surface area (Å²) in [6.45, 7) is 0. The topological polar surface area (TPSA) is 17.1 Å². The van der Waals surface area contributed by atoms with Crippen molar-refractivity contribution in [1.82, 2.24) is 0 Å². The molecule has 0 radical (unpaired) electrons. The van der Waals surface area contributed by atoms with Gasteiger partial charge in [-0.25, -0.2) is 0 Å². The first kappa shape index (κ1) is 13.8. The quantitative estimate of drug-likeness (QED) is 0.680. The second-order valence-electron chi connectivity index (χ2n) is 5.15. The Morgan fingerprint density at radius 3 is 2.35 bits per heavy atom. The van der Waals surface area contributed by atoms with Gasteiger partial charge >= 0.3 is 0 Å². The Morgan fingerprint density at radius 1 is 0.950 bits per heavy atom. The molecule has 3 heteroatoms. The minimum absolute atomic E-state index is 0.0516. The van der Waals surface area contributed by atoms with Crippen LogP contribution in [0.5, 0.6) is 0 Å². The average Bonchev–Trinajstić information content (AvgIpc) is 2.49. The lowest BCUT2D eigenvalue weighted by Gasteiger charge is -2.16. The summed E-state index contributed by atoms with van der Waals surface area (Å²) in [6, 6.07) is 11.4. The lowest BCUT2D eigenvalue weighted by Crippen LogP contribution is -2.07. The SMILES string of the molecule is O=C(c1ccc(Cl)c(Br)c1)c1ccc2c(c1)CCCC2. The Hall–Kier alpha value is -1.12. The first-order valence-corrected chi connectivity index (χ1v) is 7.94. The van der Waals surface area contributed by atoms with E-state index in [4.69, 9.17) is 11.6 Å². The van der Waals surface area contributed by atoms with Crippen LogP contribution in [0.15, 0.2) is 40.9 Å². The molecule has 1 aliphatic rings. The molecule has 0 aliphatic heterocycles. The van der Waals surface area contributed by atoms with Gasteiger partial charge in [-0.2, -0.15) is 0 Å². The molecule has 0 fully saturated rings. The van der Waals surface area contributed by atoms with Gasteiger partial charge in [-0.15, -0.1) is 0 Å². The fourth-order valence-electron chi connectivity index (χ4n) is 2.68. The fraction of sp³-hybridized carbons (Fsp3) is 0.235. The summed E-state index contributed by atoms with van der Waals surface area (Å²) in [6.07, 6.45) is 4.69. The van der Waals surface area contributed by atoms with E-state index in [1.54, 1.807) is 18.2 Å². The van der Waals surface area contributed by atoms with Crippen LogP contribution in [-0.4, -0.2) is 5.78 Å². The maximum Gasteiger partial charge on any atom is 0.193 e. The number of hydrogen-bond donors (Lipinski definition) is 0. The Labute approximate surface area is 132 Å². The highest BCUT2D eigenvalue weighted by Crippen LogP contribution is 2.26. The number of halogens is 2. The zero-order chi connectivity index (χ0) is 14.1. The molecule has 0 N–H and O–H groups in total. The Kier molecular flexibility index (Phi) is 3.95. The van der Waals surface area contributed by atoms with E-state index in [1.165, 1.54) is 24.0 Å². The molecule has 0 atom stereocenters. The van der Waals surface area contributed by atoms with E-state index in [0.29, 0.717) is 10.6 Å². The predicted molar refractivity (Wildman–Crippen MR) is 85.7 cm³/mol. The summed E-state index contributed by atoms with van der Waals surface area (Å²) in [7, 11) is 0. The van der Waals surface area contributed by atoms with Crippen LogP contribution in [0, 0.1) is 0 Å². The molecule has 3 rings (SSSR count). The Balaban J connectivity index is 1.95. The molecule has 2 aromatic carbocycles. The smallest absolute Gasteiger partial charge is 0.193 e. The van der Waals surface area contributed by atoms with E-state index in [1.807, 2.05) is 6.07 Å². The van der Waals surface area contributed by atoms with E-state index in [9.17, 15) is 4.79 Å². The van der Waals surface area contributed by atoms with Crippen molar-refractivity contribution in [2.45, 2.75) is 25.7 Å². The summed E-state index contributed by atoms with van der Waals surface area (Å²) in [4.78, 5) is 12.5. The third kappa shape index (κ3) is 2.68. The lowest BCUT2D eigenvalue weighted by atomic mass is 9.89. The molecule has 2 aromatic rings. The van der Waals surface area contributed by atoms with Gasteiger partial charge in [-0.05, 0) is 77.0 Å². The van der Waals surface area contributed by atoms with Crippen molar-refractivity contribution in [3.8, 4) is 0 Å². The van der Waals surface area contributed by atoms with Crippen molar-refractivity contribution in [3.05, 3.63) is 68.1 Å². The highest BCUT2D eigenvalue weighted by Gasteiger charge is 2.14. The molecule has 0 aromatic heterocycles. The summed E-state index contributed by atoms with van der Waals surface area (Å²) in [5, 5.41) is 0.618. The van der Waals surface area contributed by atoms with Crippen molar-refractivity contribution >= 4 is 33.3 Å². The predicted octanol–water partition coefficient (Wildman–Crippen LogP) is 5.21. The number of aryl methyl sites for hydroxylation is 2. The maximum atomic E-state index is 12.5. The summed E-state index contributed by atoms with van der Waals surface area (Å²) in [5.74, 6) is 0.0516. The van der Waals surface area contributed by atoms with E-state index >= 15 is 0 Å². The van der Waals surface area contributed by atoms with Crippen LogP contribution in [0.3, 0.4) is 0 Å². The van der Waals surface area contributed by atoms with E-state index in [2.05, 4.69) is 28.1 Å². The van der Waals surface area contributed by atoms with Crippen LogP contribution in [0.25, 0.3) is 0 Å². The monoisotopic (exact) mass is 348 g/mol. The number of fused-ring (bicyclic) bond motifs is 1. The van der Waals surface area contributed by atoms with Crippen molar-refractivity contribution in [2.24, 2.45) is 0 Å². The Bertz CT molecular complexity index is 679. The molecular weight excluding hydrogens is 336 g/mol. The summed E-state index contributed by atoms with van der Waals surface area (Å²) in [5.41, 5.74) is 4.15. The molecular formula is C17H14BrClO. The third-order valence-corrected chi connectivity index (χ3v) is 5.01. The van der Waals surface area contributed by atoms with Crippen LogP contribution in [0.4, 0.5) is 0 Å².